The van der Waals surface area contributed by atoms with Gasteiger partial charge < -0.3 is 9.47 Å². The Morgan fingerprint density at radius 3 is 1.52 bits per heavy atom. The highest BCUT2D eigenvalue weighted by molar-refractivity contribution is 6.07. The highest BCUT2D eigenvalue weighted by Gasteiger charge is 2.28. The highest BCUT2D eigenvalue weighted by Crippen LogP contribution is 2.28. The van der Waals surface area contributed by atoms with Gasteiger partial charge in [0.05, 0.1) is 24.4 Å². The van der Waals surface area contributed by atoms with Crippen molar-refractivity contribution in [2.45, 2.75) is 99.3 Å². The zero-order chi connectivity index (χ0) is 23.2. The van der Waals surface area contributed by atoms with Gasteiger partial charge in [0, 0.05) is 0 Å². The summed E-state index contributed by atoms with van der Waals surface area (Å²) in [6.45, 7) is 13.6. The molecule has 1 aliphatic carbocycles. The van der Waals surface area contributed by atoms with Gasteiger partial charge in [-0.05, 0) is 42.9 Å². The fourth-order valence-corrected chi connectivity index (χ4v) is 4.17. The Bertz CT molecular complexity index is 552. The zero-order valence-electron chi connectivity index (χ0n) is 20.9. The van der Waals surface area contributed by atoms with Crippen LogP contribution in [0.5, 0.6) is 0 Å². The lowest BCUT2D eigenvalue weighted by atomic mass is 9.98. The smallest absolute Gasteiger partial charge is 0.338 e. The number of carbonyl (C=O) groups is 2. The Morgan fingerprint density at radius 2 is 1.19 bits per heavy atom. The first-order chi connectivity index (χ1) is 14.9. The summed E-state index contributed by atoms with van der Waals surface area (Å²) in [6, 6.07) is 0. The van der Waals surface area contributed by atoms with Gasteiger partial charge in [0.25, 0.3) is 0 Å². The van der Waals surface area contributed by atoms with E-state index in [0.29, 0.717) is 36.2 Å². The molecule has 0 saturated heterocycles. The van der Waals surface area contributed by atoms with Crippen molar-refractivity contribution in [1.29, 1.82) is 0 Å². The quantitative estimate of drug-likeness (QED) is 0.275. The number of hydrogen-bond acceptors (Lipinski definition) is 4. The average Bonchev–Trinajstić information content (AvgIpc) is 2.91. The first kappa shape index (κ1) is 27.5. The van der Waals surface area contributed by atoms with Gasteiger partial charge in [-0.1, -0.05) is 92.2 Å². The van der Waals surface area contributed by atoms with Crippen LogP contribution in [0.4, 0.5) is 0 Å². The molecule has 0 amide bonds. The summed E-state index contributed by atoms with van der Waals surface area (Å²) >= 11 is 0. The van der Waals surface area contributed by atoms with E-state index < -0.39 is 11.9 Å². The molecule has 4 heteroatoms. The second kappa shape index (κ2) is 15.3. The standard InChI is InChI=1S/C27H46O4/c1-7-11-13-22(9-3)18-30-26(28)24-16-20(5)15-21(6)17-25(24)27(29)31-19-23(10-4)14-12-8-2/h16-17,20-23H,7-15,18-19H2,1-6H3. The van der Waals surface area contributed by atoms with Crippen LogP contribution in [-0.4, -0.2) is 25.2 Å². The van der Waals surface area contributed by atoms with Crippen molar-refractivity contribution in [2.75, 3.05) is 13.2 Å². The molecule has 178 valence electrons. The van der Waals surface area contributed by atoms with Gasteiger partial charge in [-0.15, -0.1) is 0 Å². The Hall–Kier alpha value is -1.58. The molecule has 0 heterocycles. The van der Waals surface area contributed by atoms with Crippen LogP contribution < -0.4 is 0 Å². The Balaban J connectivity index is 2.89. The fourth-order valence-electron chi connectivity index (χ4n) is 4.17. The van der Waals surface area contributed by atoms with Gasteiger partial charge in [0.2, 0.25) is 0 Å². The average molecular weight is 435 g/mol. The summed E-state index contributed by atoms with van der Waals surface area (Å²) in [5.74, 6) is 0.363. The number of allylic oxidation sites excluding steroid dienone is 2. The van der Waals surface area contributed by atoms with E-state index in [1.165, 1.54) is 0 Å². The third kappa shape index (κ3) is 10.1. The molecule has 4 nitrogen and oxygen atoms in total. The van der Waals surface area contributed by atoms with E-state index in [4.69, 9.17) is 9.47 Å². The topological polar surface area (TPSA) is 52.6 Å². The van der Waals surface area contributed by atoms with Gasteiger partial charge in [-0.3, -0.25) is 0 Å². The molecule has 1 rings (SSSR count). The van der Waals surface area contributed by atoms with Crippen molar-refractivity contribution >= 4 is 11.9 Å². The van der Waals surface area contributed by atoms with Crippen molar-refractivity contribution in [2.24, 2.45) is 23.7 Å². The molecule has 1 aliphatic rings. The summed E-state index contributed by atoms with van der Waals surface area (Å²) in [5.41, 5.74) is 0.766. The van der Waals surface area contributed by atoms with Crippen molar-refractivity contribution in [3.8, 4) is 0 Å². The van der Waals surface area contributed by atoms with Crippen LogP contribution in [-0.2, 0) is 19.1 Å². The predicted molar refractivity (Wildman–Crippen MR) is 128 cm³/mol. The van der Waals surface area contributed by atoms with E-state index in [0.717, 1.165) is 57.8 Å². The molecule has 0 aliphatic heterocycles. The lowest BCUT2D eigenvalue weighted by Gasteiger charge is -2.18. The molecule has 0 bridgehead atoms. The highest BCUT2D eigenvalue weighted by atomic mass is 16.5. The number of carbonyl (C=O) groups excluding carboxylic acids is 2. The van der Waals surface area contributed by atoms with Crippen LogP contribution in [0.25, 0.3) is 0 Å². The van der Waals surface area contributed by atoms with Gasteiger partial charge in [-0.25, -0.2) is 9.59 Å². The summed E-state index contributed by atoms with van der Waals surface area (Å²) in [6.07, 6.45) is 13.4. The summed E-state index contributed by atoms with van der Waals surface area (Å²) in [7, 11) is 0. The molecule has 0 aromatic carbocycles. The monoisotopic (exact) mass is 434 g/mol. The second-order valence-corrected chi connectivity index (χ2v) is 9.38. The fraction of sp³-hybridized carbons (Fsp3) is 0.778. The van der Waals surface area contributed by atoms with E-state index in [2.05, 4.69) is 41.5 Å². The van der Waals surface area contributed by atoms with E-state index in [1.807, 2.05) is 12.2 Å². The Labute approximate surface area is 190 Å². The van der Waals surface area contributed by atoms with Crippen LogP contribution in [0, 0.1) is 23.7 Å². The van der Waals surface area contributed by atoms with E-state index in [1.54, 1.807) is 0 Å². The minimum Gasteiger partial charge on any atom is -0.462 e. The van der Waals surface area contributed by atoms with Gasteiger partial charge in [0.15, 0.2) is 0 Å². The van der Waals surface area contributed by atoms with Crippen LogP contribution in [0.2, 0.25) is 0 Å². The van der Waals surface area contributed by atoms with Crippen LogP contribution >= 0.6 is 0 Å². The molecular formula is C27H46O4. The maximum absolute atomic E-state index is 13.0. The maximum Gasteiger partial charge on any atom is 0.338 e. The number of hydrogen-bond donors (Lipinski definition) is 0. The number of rotatable bonds is 14. The third-order valence-corrected chi connectivity index (χ3v) is 6.36. The summed E-state index contributed by atoms with van der Waals surface area (Å²) < 4.78 is 11.4. The van der Waals surface area contributed by atoms with E-state index >= 15 is 0 Å². The van der Waals surface area contributed by atoms with E-state index in [-0.39, 0.29) is 11.8 Å². The SMILES string of the molecule is CCCCC(CC)COC(=O)C1=CC(C)CC(C)C=C1C(=O)OCC(CC)CCCC. The van der Waals surface area contributed by atoms with Crippen molar-refractivity contribution in [1.82, 2.24) is 0 Å². The predicted octanol–water partition coefficient (Wildman–Crippen LogP) is 7.03. The van der Waals surface area contributed by atoms with Gasteiger partial charge in [0.1, 0.15) is 0 Å². The lowest BCUT2D eigenvalue weighted by Crippen LogP contribution is -2.22. The van der Waals surface area contributed by atoms with Crippen molar-refractivity contribution in [3.63, 3.8) is 0 Å². The first-order valence-electron chi connectivity index (χ1n) is 12.6. The van der Waals surface area contributed by atoms with Crippen LogP contribution in [0.15, 0.2) is 23.3 Å². The maximum atomic E-state index is 13.0. The molecule has 0 aromatic heterocycles. The molecule has 0 N–H and O–H groups in total. The number of ether oxygens (including phenoxy) is 2. The Kier molecular flexibility index (Phi) is 13.5. The van der Waals surface area contributed by atoms with Crippen LogP contribution in [0.1, 0.15) is 99.3 Å². The molecule has 0 saturated carbocycles. The van der Waals surface area contributed by atoms with E-state index in [9.17, 15) is 9.59 Å². The first-order valence-corrected chi connectivity index (χ1v) is 12.6. The zero-order valence-corrected chi connectivity index (χ0v) is 20.9. The molecular weight excluding hydrogens is 388 g/mol. The molecule has 0 fully saturated rings. The number of unbranched alkanes of at least 4 members (excludes halogenated alkanes) is 2. The molecule has 31 heavy (non-hydrogen) atoms. The molecule has 0 spiro atoms. The second-order valence-electron chi connectivity index (χ2n) is 9.38. The molecule has 0 radical (unpaired) electrons. The van der Waals surface area contributed by atoms with Gasteiger partial charge in [-0.2, -0.15) is 0 Å². The third-order valence-electron chi connectivity index (χ3n) is 6.36. The summed E-state index contributed by atoms with van der Waals surface area (Å²) in [4.78, 5) is 26.0. The minimum absolute atomic E-state index is 0.203. The van der Waals surface area contributed by atoms with Gasteiger partial charge >= 0.3 is 11.9 Å². The van der Waals surface area contributed by atoms with Crippen LogP contribution in [0.3, 0.4) is 0 Å². The normalized spacial score (nSPS) is 20.8. The lowest BCUT2D eigenvalue weighted by molar-refractivity contribution is -0.144. The Morgan fingerprint density at radius 1 is 0.806 bits per heavy atom. The minimum atomic E-state index is -0.392. The largest absolute Gasteiger partial charge is 0.462 e. The molecule has 0 aromatic rings. The molecule has 4 atom stereocenters. The van der Waals surface area contributed by atoms with Crippen molar-refractivity contribution < 1.29 is 19.1 Å². The number of esters is 2. The summed E-state index contributed by atoms with van der Waals surface area (Å²) in [5, 5.41) is 0. The molecule has 4 unspecified atom stereocenters. The van der Waals surface area contributed by atoms with Crippen molar-refractivity contribution in [3.05, 3.63) is 23.3 Å².